The monoisotopic (exact) mass is 261 g/mol. The number of halogens is 2. The maximum absolute atomic E-state index is 6.23. The highest BCUT2D eigenvalue weighted by Crippen LogP contribution is 2.25. The fourth-order valence-electron chi connectivity index (χ4n) is 1.62. The molecule has 0 radical (unpaired) electrons. The van der Waals surface area contributed by atoms with Gasteiger partial charge in [0.1, 0.15) is 0 Å². The van der Waals surface area contributed by atoms with Gasteiger partial charge in [0.25, 0.3) is 0 Å². The van der Waals surface area contributed by atoms with Gasteiger partial charge in [-0.05, 0) is 36.6 Å². The van der Waals surface area contributed by atoms with Crippen LogP contribution in [0, 0.1) is 0 Å². The van der Waals surface area contributed by atoms with Gasteiger partial charge in [-0.1, -0.05) is 30.1 Å². The van der Waals surface area contributed by atoms with Crippen LogP contribution in [0.2, 0.25) is 10.0 Å². The number of benzene rings is 1. The summed E-state index contributed by atoms with van der Waals surface area (Å²) in [4.78, 5) is 0. The van der Waals surface area contributed by atoms with Gasteiger partial charge in [-0.3, -0.25) is 0 Å². The van der Waals surface area contributed by atoms with E-state index in [1.54, 1.807) is 19.2 Å². The number of hydrogen-bond donors (Lipinski definition) is 1. The van der Waals surface area contributed by atoms with Crippen LogP contribution in [-0.2, 0) is 11.2 Å². The summed E-state index contributed by atoms with van der Waals surface area (Å²) in [5.74, 6) is 0. The number of rotatable bonds is 5. The molecule has 0 aliphatic rings. The van der Waals surface area contributed by atoms with Crippen molar-refractivity contribution < 1.29 is 4.74 Å². The van der Waals surface area contributed by atoms with Gasteiger partial charge in [0.2, 0.25) is 0 Å². The molecule has 0 saturated heterocycles. The third kappa shape index (κ3) is 3.63. The van der Waals surface area contributed by atoms with Gasteiger partial charge in [-0.25, -0.2) is 0 Å². The maximum atomic E-state index is 6.23. The van der Waals surface area contributed by atoms with Crippen molar-refractivity contribution in [2.45, 2.75) is 25.3 Å². The van der Waals surface area contributed by atoms with Gasteiger partial charge in [0.05, 0.1) is 6.61 Å². The summed E-state index contributed by atoms with van der Waals surface area (Å²) in [7, 11) is 1.65. The first-order valence-electron chi connectivity index (χ1n) is 5.22. The quantitative estimate of drug-likeness (QED) is 0.883. The summed E-state index contributed by atoms with van der Waals surface area (Å²) < 4.78 is 5.14. The van der Waals surface area contributed by atoms with Crippen molar-refractivity contribution in [2.75, 3.05) is 13.7 Å². The van der Waals surface area contributed by atoms with E-state index in [1.807, 2.05) is 13.0 Å². The highest BCUT2D eigenvalue weighted by molar-refractivity contribution is 6.33. The molecule has 1 aromatic carbocycles. The van der Waals surface area contributed by atoms with E-state index in [0.29, 0.717) is 23.1 Å². The molecular weight excluding hydrogens is 245 g/mol. The zero-order chi connectivity index (χ0) is 12.2. The van der Waals surface area contributed by atoms with E-state index in [1.165, 1.54) is 0 Å². The normalized spacial score (nSPS) is 14.8. The molecule has 90 valence electrons. The van der Waals surface area contributed by atoms with E-state index < -0.39 is 0 Å². The first-order valence-corrected chi connectivity index (χ1v) is 5.98. The molecule has 1 unspecified atom stereocenters. The van der Waals surface area contributed by atoms with Crippen LogP contribution in [0.4, 0.5) is 0 Å². The summed E-state index contributed by atoms with van der Waals surface area (Å²) >= 11 is 12.0. The lowest BCUT2D eigenvalue weighted by molar-refractivity contribution is 0.129. The highest BCUT2D eigenvalue weighted by Gasteiger charge is 2.24. The molecule has 2 N–H and O–H groups in total. The van der Waals surface area contributed by atoms with Crippen LogP contribution >= 0.6 is 23.2 Å². The minimum absolute atomic E-state index is 0.386. The predicted octanol–water partition coefficient (Wildman–Crippen LogP) is 3.29. The number of hydrogen-bond acceptors (Lipinski definition) is 2. The van der Waals surface area contributed by atoms with Crippen molar-refractivity contribution in [2.24, 2.45) is 5.73 Å². The minimum atomic E-state index is -0.386. The third-order valence-corrected chi connectivity index (χ3v) is 3.29. The largest absolute Gasteiger partial charge is 0.383 e. The molecule has 1 atom stereocenters. The molecular formula is C12H17Cl2NO. The van der Waals surface area contributed by atoms with Gasteiger partial charge in [0.15, 0.2) is 0 Å². The van der Waals surface area contributed by atoms with E-state index in [0.717, 1.165) is 12.0 Å². The summed E-state index contributed by atoms with van der Waals surface area (Å²) in [6.07, 6.45) is 1.49. The Labute approximate surface area is 107 Å². The van der Waals surface area contributed by atoms with Gasteiger partial charge in [-0.2, -0.15) is 0 Å². The smallest absolute Gasteiger partial charge is 0.0645 e. The highest BCUT2D eigenvalue weighted by atomic mass is 35.5. The van der Waals surface area contributed by atoms with Crippen molar-refractivity contribution in [1.29, 1.82) is 0 Å². The molecule has 2 nitrogen and oxygen atoms in total. The van der Waals surface area contributed by atoms with Crippen LogP contribution in [0.15, 0.2) is 18.2 Å². The van der Waals surface area contributed by atoms with Gasteiger partial charge >= 0.3 is 0 Å². The first kappa shape index (κ1) is 13.8. The molecule has 4 heteroatoms. The van der Waals surface area contributed by atoms with Crippen LogP contribution < -0.4 is 5.73 Å². The number of ether oxygens (including phenoxy) is 1. The van der Waals surface area contributed by atoms with E-state index in [2.05, 4.69) is 0 Å². The fourth-order valence-corrected chi connectivity index (χ4v) is 2.00. The standard InChI is InChI=1S/C12H17Cl2NO/c1-3-12(15,8-16-2)7-9-6-10(13)4-5-11(9)14/h4-6H,3,7-8,15H2,1-2H3. The van der Waals surface area contributed by atoms with Gasteiger partial charge in [-0.15, -0.1) is 0 Å². The van der Waals surface area contributed by atoms with Gasteiger partial charge < -0.3 is 10.5 Å². The second-order valence-electron chi connectivity index (χ2n) is 4.06. The Morgan fingerprint density at radius 3 is 2.62 bits per heavy atom. The van der Waals surface area contributed by atoms with E-state index in [-0.39, 0.29) is 5.54 Å². The van der Waals surface area contributed by atoms with E-state index >= 15 is 0 Å². The molecule has 0 bridgehead atoms. The molecule has 0 saturated carbocycles. The molecule has 1 rings (SSSR count). The van der Waals surface area contributed by atoms with Crippen molar-refractivity contribution >= 4 is 23.2 Å². The Bertz CT molecular complexity index is 357. The zero-order valence-electron chi connectivity index (χ0n) is 9.59. The summed E-state index contributed by atoms with van der Waals surface area (Å²) in [5, 5.41) is 1.37. The summed E-state index contributed by atoms with van der Waals surface area (Å²) in [5.41, 5.74) is 6.81. The van der Waals surface area contributed by atoms with E-state index in [9.17, 15) is 0 Å². The molecule has 0 aliphatic heterocycles. The van der Waals surface area contributed by atoms with Crippen LogP contribution in [-0.4, -0.2) is 19.3 Å². The lowest BCUT2D eigenvalue weighted by Gasteiger charge is -2.27. The molecule has 0 aliphatic carbocycles. The molecule has 0 heterocycles. The lowest BCUT2D eigenvalue weighted by Crippen LogP contribution is -2.45. The summed E-state index contributed by atoms with van der Waals surface area (Å²) in [6, 6.07) is 5.42. The predicted molar refractivity (Wildman–Crippen MR) is 69.3 cm³/mol. The van der Waals surface area contributed by atoms with Crippen molar-refractivity contribution in [1.82, 2.24) is 0 Å². The third-order valence-electron chi connectivity index (χ3n) is 2.69. The van der Waals surface area contributed by atoms with Crippen LogP contribution in [0.5, 0.6) is 0 Å². The molecule has 0 amide bonds. The molecule has 16 heavy (non-hydrogen) atoms. The Morgan fingerprint density at radius 1 is 1.38 bits per heavy atom. The van der Waals surface area contributed by atoms with E-state index in [4.69, 9.17) is 33.7 Å². The van der Waals surface area contributed by atoms with Crippen molar-refractivity contribution in [3.63, 3.8) is 0 Å². The average molecular weight is 262 g/mol. The maximum Gasteiger partial charge on any atom is 0.0645 e. The second-order valence-corrected chi connectivity index (χ2v) is 4.91. The fraction of sp³-hybridized carbons (Fsp3) is 0.500. The lowest BCUT2D eigenvalue weighted by atomic mass is 9.90. The minimum Gasteiger partial charge on any atom is -0.383 e. The molecule has 0 aromatic heterocycles. The topological polar surface area (TPSA) is 35.2 Å². The van der Waals surface area contributed by atoms with Crippen LogP contribution in [0.25, 0.3) is 0 Å². The Kier molecular flexibility index (Phi) is 5.06. The Balaban J connectivity index is 2.89. The molecule has 0 spiro atoms. The summed E-state index contributed by atoms with van der Waals surface area (Å²) in [6.45, 7) is 2.55. The van der Waals surface area contributed by atoms with Crippen molar-refractivity contribution in [3.8, 4) is 0 Å². The Hall–Kier alpha value is -0.280. The number of methoxy groups -OCH3 is 1. The molecule has 1 aromatic rings. The Morgan fingerprint density at radius 2 is 2.06 bits per heavy atom. The number of nitrogens with two attached hydrogens (primary N) is 1. The average Bonchev–Trinajstić information content (AvgIpc) is 2.24. The van der Waals surface area contributed by atoms with Crippen molar-refractivity contribution in [3.05, 3.63) is 33.8 Å². The van der Waals surface area contributed by atoms with Crippen LogP contribution in [0.3, 0.4) is 0 Å². The SMILES string of the molecule is CCC(N)(COC)Cc1cc(Cl)ccc1Cl. The zero-order valence-corrected chi connectivity index (χ0v) is 11.1. The van der Waals surface area contributed by atoms with Crippen LogP contribution in [0.1, 0.15) is 18.9 Å². The first-order chi connectivity index (χ1) is 7.50. The molecule has 0 fully saturated rings. The van der Waals surface area contributed by atoms with Gasteiger partial charge in [0, 0.05) is 22.7 Å². The second kappa shape index (κ2) is 5.87.